The van der Waals surface area contributed by atoms with Crippen molar-refractivity contribution in [3.63, 3.8) is 0 Å². The molecule has 2 aliphatic rings. The van der Waals surface area contributed by atoms with Crippen molar-refractivity contribution in [1.82, 2.24) is 4.90 Å². The minimum atomic E-state index is -5.58. The Labute approximate surface area is 251 Å². The Morgan fingerprint density at radius 1 is 0.591 bits per heavy atom. The van der Waals surface area contributed by atoms with Crippen LogP contribution in [0.4, 0.5) is 26.3 Å². The largest absolute Gasteiger partial charge is 0.467 e. The van der Waals surface area contributed by atoms with E-state index >= 15 is 0 Å². The average Bonchev–Trinajstić information content (AvgIpc) is 3.25. The van der Waals surface area contributed by atoms with E-state index in [4.69, 9.17) is 0 Å². The fourth-order valence-corrected chi connectivity index (χ4v) is 7.48. The minimum absolute atomic E-state index is 0.463. The Bertz CT molecular complexity index is 1910. The summed E-state index contributed by atoms with van der Waals surface area (Å²) in [6, 6.07) is 33.7. The first-order valence-electron chi connectivity index (χ1n) is 14.4. The van der Waals surface area contributed by atoms with Gasteiger partial charge in [0.25, 0.3) is 0 Å². The zero-order valence-electron chi connectivity index (χ0n) is 23.9. The highest BCUT2D eigenvalue weighted by atomic mass is 19.4. The molecule has 7 heteroatoms. The van der Waals surface area contributed by atoms with Crippen LogP contribution in [-0.2, 0) is 11.8 Å². The topological polar surface area (TPSA) is 3.24 Å². The molecule has 0 amide bonds. The second-order valence-electron chi connectivity index (χ2n) is 11.6. The van der Waals surface area contributed by atoms with E-state index in [-0.39, 0.29) is 0 Å². The lowest BCUT2D eigenvalue weighted by molar-refractivity contribution is -0.372. The predicted molar refractivity (Wildman–Crippen MR) is 160 cm³/mol. The van der Waals surface area contributed by atoms with Crippen LogP contribution in [0.5, 0.6) is 0 Å². The summed E-state index contributed by atoms with van der Waals surface area (Å²) in [6.07, 6.45) is -11.6. The fraction of sp³-hybridized carbons (Fsp3) is 0.189. The van der Waals surface area contributed by atoms with Crippen molar-refractivity contribution in [1.29, 1.82) is 0 Å². The molecule has 0 N–H and O–H groups in total. The van der Waals surface area contributed by atoms with Gasteiger partial charge in [0, 0.05) is 6.54 Å². The quantitative estimate of drug-likeness (QED) is 0.144. The predicted octanol–water partition coefficient (Wildman–Crippen LogP) is 10.2. The van der Waals surface area contributed by atoms with Crippen LogP contribution in [0, 0.1) is 13.8 Å². The zero-order valence-corrected chi connectivity index (χ0v) is 23.9. The second-order valence-corrected chi connectivity index (χ2v) is 11.6. The minimum Gasteiger partial charge on any atom is -0.155 e. The van der Waals surface area contributed by atoms with Gasteiger partial charge < -0.3 is 0 Å². The molecule has 0 saturated heterocycles. The van der Waals surface area contributed by atoms with Crippen LogP contribution in [0.15, 0.2) is 103 Å². The van der Waals surface area contributed by atoms with Crippen LogP contribution in [0.1, 0.15) is 38.9 Å². The third-order valence-corrected chi connectivity index (χ3v) is 9.12. The molecule has 222 valence electrons. The van der Waals surface area contributed by atoms with E-state index < -0.39 is 35.9 Å². The summed E-state index contributed by atoms with van der Waals surface area (Å²) in [5, 5.41) is 0. The molecule has 2 aliphatic carbocycles. The maximum absolute atomic E-state index is 13.8. The lowest BCUT2D eigenvalue weighted by Crippen LogP contribution is -2.49. The van der Waals surface area contributed by atoms with Gasteiger partial charge in [-0.3, -0.25) is 0 Å². The Morgan fingerprint density at radius 2 is 1.23 bits per heavy atom. The molecule has 1 unspecified atom stereocenters. The summed E-state index contributed by atoms with van der Waals surface area (Å²) in [5.74, 6) is 0. The highest BCUT2D eigenvalue weighted by molar-refractivity contribution is 5.98. The first kappa shape index (κ1) is 28.4. The molecule has 0 aromatic heterocycles. The molecular weight excluding hydrogens is 572 g/mol. The van der Waals surface area contributed by atoms with Gasteiger partial charge in [-0.25, -0.2) is 0 Å². The monoisotopic (exact) mass is 599 g/mol. The molecule has 0 saturated carbocycles. The number of aryl methyl sites for hydroxylation is 2. The Morgan fingerprint density at radius 3 is 1.95 bits per heavy atom. The van der Waals surface area contributed by atoms with E-state index in [0.29, 0.717) is 11.1 Å². The van der Waals surface area contributed by atoms with Crippen LogP contribution < -0.4 is 0 Å². The first-order chi connectivity index (χ1) is 20.9. The molecular formula is C37H27F6N. The number of hydrogen-bond donors (Lipinski definition) is 0. The van der Waals surface area contributed by atoms with Crippen LogP contribution >= 0.6 is 0 Å². The molecule has 0 radical (unpaired) electrons. The summed E-state index contributed by atoms with van der Waals surface area (Å²) in [5.41, 5.74) is 10.0. The van der Waals surface area contributed by atoms with Gasteiger partial charge in [0.2, 0.25) is 0 Å². The van der Waals surface area contributed by atoms with Gasteiger partial charge >= 0.3 is 12.6 Å². The number of hydrogen-bond acceptors (Lipinski definition) is 1. The molecule has 0 fully saturated rings. The average molecular weight is 600 g/mol. The standard InChI is InChI=1S/C37H27F6N/c1-22-15-18-32-30(21-22)28-17-16-27-29(19-20-44(36(38,39)40)37(41,42)43)34(28)35(32,24-10-4-3-5-11-24)31-14-7-6-12-25(31)26-13-8-9-23(2)33(26)27/h3-18,21H,19-20H2,1-2H3. The highest BCUT2D eigenvalue weighted by Gasteiger charge is 2.54. The third kappa shape index (κ3) is 4.05. The molecule has 5 aromatic rings. The molecule has 1 atom stereocenters. The zero-order chi connectivity index (χ0) is 31.0. The smallest absolute Gasteiger partial charge is 0.155 e. The molecule has 2 bridgehead atoms. The van der Waals surface area contributed by atoms with Crippen molar-refractivity contribution >= 4 is 0 Å². The highest BCUT2D eigenvalue weighted by Crippen LogP contribution is 2.62. The van der Waals surface area contributed by atoms with E-state index in [9.17, 15) is 26.3 Å². The van der Waals surface area contributed by atoms with Gasteiger partial charge in [0.15, 0.2) is 0 Å². The lowest BCUT2D eigenvalue weighted by Gasteiger charge is -2.39. The lowest BCUT2D eigenvalue weighted by atomic mass is 9.62. The summed E-state index contributed by atoms with van der Waals surface area (Å²) >= 11 is 0. The number of benzene rings is 5. The Balaban J connectivity index is 1.66. The van der Waals surface area contributed by atoms with Crippen molar-refractivity contribution in [2.75, 3.05) is 6.54 Å². The maximum atomic E-state index is 13.8. The van der Waals surface area contributed by atoms with E-state index in [1.54, 1.807) is 0 Å². The molecule has 0 aliphatic heterocycles. The van der Waals surface area contributed by atoms with Gasteiger partial charge in [-0.05, 0) is 87.0 Å². The third-order valence-electron chi connectivity index (χ3n) is 9.12. The number of rotatable bonds is 4. The van der Waals surface area contributed by atoms with Crippen LogP contribution in [-0.4, -0.2) is 24.0 Å². The normalized spacial score (nSPS) is 16.7. The molecule has 5 aromatic carbocycles. The molecule has 0 heterocycles. The van der Waals surface area contributed by atoms with Gasteiger partial charge in [-0.15, -0.1) is 4.90 Å². The van der Waals surface area contributed by atoms with Gasteiger partial charge in [0.05, 0.1) is 5.41 Å². The molecule has 7 rings (SSSR count). The van der Waals surface area contributed by atoms with Gasteiger partial charge in [-0.2, -0.15) is 26.3 Å². The maximum Gasteiger partial charge on any atom is 0.467 e. The van der Waals surface area contributed by atoms with E-state index in [1.165, 1.54) is 0 Å². The number of fused-ring (bicyclic) bond motifs is 9. The number of nitrogens with zero attached hydrogens (tertiary/aromatic N) is 1. The van der Waals surface area contributed by atoms with Crippen molar-refractivity contribution in [3.8, 4) is 33.4 Å². The Hall–Kier alpha value is -4.36. The van der Waals surface area contributed by atoms with Crippen molar-refractivity contribution < 1.29 is 26.3 Å². The van der Waals surface area contributed by atoms with Crippen LogP contribution in [0.25, 0.3) is 33.4 Å². The summed E-state index contributed by atoms with van der Waals surface area (Å²) < 4.78 is 83.0. The van der Waals surface area contributed by atoms with E-state index in [1.807, 2.05) is 98.8 Å². The molecule has 44 heavy (non-hydrogen) atoms. The van der Waals surface area contributed by atoms with Crippen molar-refractivity contribution in [2.45, 2.75) is 38.3 Å². The summed E-state index contributed by atoms with van der Waals surface area (Å²) in [6.45, 7) is 2.65. The second kappa shape index (κ2) is 9.83. The van der Waals surface area contributed by atoms with Crippen molar-refractivity contribution in [3.05, 3.63) is 142 Å². The fourth-order valence-electron chi connectivity index (χ4n) is 7.48. The van der Waals surface area contributed by atoms with E-state index in [2.05, 4.69) is 18.2 Å². The summed E-state index contributed by atoms with van der Waals surface area (Å²) in [7, 11) is 0. The molecule has 1 nitrogen and oxygen atoms in total. The van der Waals surface area contributed by atoms with E-state index in [0.717, 1.165) is 61.2 Å². The SMILES string of the molecule is Cc1ccc2c(c1)-c1ccc3c(CCN(C(F)(F)F)C(F)(F)F)c1C2(c1ccccc1)c1ccccc1-c1cccc(C)c1-3. The van der Waals surface area contributed by atoms with Gasteiger partial charge in [-0.1, -0.05) is 109 Å². The van der Waals surface area contributed by atoms with Crippen molar-refractivity contribution in [2.24, 2.45) is 0 Å². The Kier molecular flexibility index (Phi) is 6.35. The summed E-state index contributed by atoms with van der Waals surface area (Å²) in [4.78, 5) is -1.31. The van der Waals surface area contributed by atoms with Crippen LogP contribution in [0.3, 0.4) is 0 Å². The first-order valence-corrected chi connectivity index (χ1v) is 14.4. The molecule has 0 spiro atoms. The number of halogens is 6. The van der Waals surface area contributed by atoms with Crippen LogP contribution in [0.2, 0.25) is 0 Å². The number of alkyl halides is 6. The van der Waals surface area contributed by atoms with Gasteiger partial charge in [0.1, 0.15) is 0 Å².